The number of hydrogen-bond donors (Lipinski definition) is 3. The van der Waals surface area contributed by atoms with Gasteiger partial charge in [0.1, 0.15) is 0 Å². The molecule has 0 aromatic carbocycles. The number of aliphatic carboxylic acids is 1. The first-order valence-corrected chi connectivity index (χ1v) is 6.17. The summed E-state index contributed by atoms with van der Waals surface area (Å²) >= 11 is 0. The molecule has 92 valence electrons. The van der Waals surface area contributed by atoms with Crippen LogP contribution in [-0.4, -0.2) is 34.4 Å². The second-order valence-electron chi connectivity index (χ2n) is 5.59. The summed E-state index contributed by atoms with van der Waals surface area (Å²) in [6.45, 7) is 2.81. The number of carboxylic acid groups (broad SMARTS) is 1. The predicted octanol–water partition coefficient (Wildman–Crippen LogP) is 0.990. The van der Waals surface area contributed by atoms with Crippen LogP contribution in [0.5, 0.6) is 0 Å². The van der Waals surface area contributed by atoms with E-state index in [0.717, 1.165) is 25.8 Å². The van der Waals surface area contributed by atoms with Crippen molar-refractivity contribution in [1.82, 2.24) is 5.32 Å². The molecule has 0 unspecified atom stereocenters. The van der Waals surface area contributed by atoms with Crippen LogP contribution < -0.4 is 5.32 Å². The van der Waals surface area contributed by atoms with Gasteiger partial charge in [0.25, 0.3) is 0 Å². The van der Waals surface area contributed by atoms with E-state index < -0.39 is 11.6 Å². The molecule has 0 amide bonds. The summed E-state index contributed by atoms with van der Waals surface area (Å²) in [6, 6.07) is 0.437. The van der Waals surface area contributed by atoms with Crippen molar-refractivity contribution >= 4 is 5.97 Å². The predicted molar refractivity (Wildman–Crippen MR) is 60.1 cm³/mol. The average Bonchev–Trinajstić information content (AvgIpc) is 2.16. The lowest BCUT2D eigenvalue weighted by Gasteiger charge is -2.50. The Labute approximate surface area is 96.0 Å². The zero-order chi connectivity index (χ0) is 11.8. The monoisotopic (exact) mass is 227 g/mol. The fraction of sp³-hybridized carbons (Fsp3) is 0.917. The summed E-state index contributed by atoms with van der Waals surface area (Å²) in [6.07, 6.45) is 3.81. The third-order valence-corrected chi connectivity index (χ3v) is 4.10. The van der Waals surface area contributed by atoms with E-state index in [1.807, 2.05) is 6.92 Å². The quantitative estimate of drug-likeness (QED) is 0.670. The van der Waals surface area contributed by atoms with E-state index >= 15 is 0 Å². The second-order valence-corrected chi connectivity index (χ2v) is 5.59. The Kier molecular flexibility index (Phi) is 3.22. The Morgan fingerprint density at radius 2 is 2.31 bits per heavy atom. The smallest absolute Gasteiger partial charge is 0.303 e. The van der Waals surface area contributed by atoms with Crippen LogP contribution in [0.3, 0.4) is 0 Å². The van der Waals surface area contributed by atoms with Gasteiger partial charge in [-0.15, -0.1) is 0 Å². The fourth-order valence-electron chi connectivity index (χ4n) is 3.37. The molecular weight excluding hydrogens is 206 g/mol. The minimum absolute atomic E-state index is 0.0573. The Morgan fingerprint density at radius 3 is 2.75 bits per heavy atom. The largest absolute Gasteiger partial charge is 0.481 e. The van der Waals surface area contributed by atoms with Crippen molar-refractivity contribution in [2.24, 2.45) is 11.8 Å². The molecule has 3 fully saturated rings. The van der Waals surface area contributed by atoms with Gasteiger partial charge in [0, 0.05) is 24.9 Å². The molecule has 4 heteroatoms. The van der Waals surface area contributed by atoms with E-state index in [1.54, 1.807) is 0 Å². The van der Waals surface area contributed by atoms with Crippen molar-refractivity contribution < 1.29 is 15.0 Å². The molecule has 2 saturated heterocycles. The molecule has 3 aliphatic rings. The van der Waals surface area contributed by atoms with E-state index in [1.165, 1.54) is 0 Å². The maximum Gasteiger partial charge on any atom is 0.303 e. The zero-order valence-corrected chi connectivity index (χ0v) is 9.78. The summed E-state index contributed by atoms with van der Waals surface area (Å²) in [5, 5.41) is 22.8. The molecule has 3 rings (SSSR count). The minimum atomic E-state index is -0.768. The maximum absolute atomic E-state index is 10.6. The lowest BCUT2D eigenvalue weighted by molar-refractivity contribution is -0.139. The average molecular weight is 227 g/mol. The van der Waals surface area contributed by atoms with Crippen molar-refractivity contribution in [3.8, 4) is 0 Å². The highest BCUT2D eigenvalue weighted by molar-refractivity contribution is 5.66. The van der Waals surface area contributed by atoms with Gasteiger partial charge in [-0.3, -0.25) is 4.79 Å². The number of carboxylic acids is 1. The third-order valence-electron chi connectivity index (χ3n) is 4.10. The first-order valence-electron chi connectivity index (χ1n) is 6.17. The first kappa shape index (κ1) is 11.9. The minimum Gasteiger partial charge on any atom is -0.481 e. The number of hydrogen-bond acceptors (Lipinski definition) is 3. The van der Waals surface area contributed by atoms with Gasteiger partial charge >= 0.3 is 5.97 Å². The van der Waals surface area contributed by atoms with Crippen LogP contribution in [0.2, 0.25) is 0 Å². The van der Waals surface area contributed by atoms with Crippen LogP contribution in [0, 0.1) is 11.8 Å². The lowest BCUT2D eigenvalue weighted by Crippen LogP contribution is -2.59. The van der Waals surface area contributed by atoms with Crippen LogP contribution in [-0.2, 0) is 4.79 Å². The molecule has 16 heavy (non-hydrogen) atoms. The molecule has 0 spiro atoms. The Balaban J connectivity index is 1.95. The van der Waals surface area contributed by atoms with Crippen molar-refractivity contribution in [3.05, 3.63) is 0 Å². The van der Waals surface area contributed by atoms with Crippen molar-refractivity contribution in [1.29, 1.82) is 0 Å². The summed E-state index contributed by atoms with van der Waals surface area (Å²) in [4.78, 5) is 10.6. The summed E-state index contributed by atoms with van der Waals surface area (Å²) < 4.78 is 0. The van der Waals surface area contributed by atoms with Gasteiger partial charge in [-0.2, -0.15) is 0 Å². The van der Waals surface area contributed by atoms with Gasteiger partial charge in [-0.05, 0) is 31.6 Å². The van der Waals surface area contributed by atoms with Crippen molar-refractivity contribution in [2.45, 2.75) is 50.7 Å². The highest BCUT2D eigenvalue weighted by Crippen LogP contribution is 2.41. The number of nitrogens with one attached hydrogen (secondary N) is 1. The summed E-state index contributed by atoms with van der Waals surface area (Å²) in [5.41, 5.74) is -0.622. The third kappa shape index (κ3) is 2.38. The second kappa shape index (κ2) is 4.34. The molecule has 2 bridgehead atoms. The van der Waals surface area contributed by atoms with Crippen LogP contribution in [0.25, 0.3) is 0 Å². The Morgan fingerprint density at radius 1 is 1.56 bits per heavy atom. The maximum atomic E-state index is 10.6. The molecular formula is C12H21NO3. The molecule has 3 N–H and O–H groups in total. The highest BCUT2D eigenvalue weighted by atomic mass is 16.4. The number of rotatable bonds is 4. The van der Waals surface area contributed by atoms with E-state index in [0.29, 0.717) is 18.4 Å². The Bertz CT molecular complexity index is 273. The molecule has 0 aromatic heterocycles. The van der Waals surface area contributed by atoms with Crippen molar-refractivity contribution in [3.63, 3.8) is 0 Å². The van der Waals surface area contributed by atoms with Crippen LogP contribution in [0.15, 0.2) is 0 Å². The zero-order valence-electron chi connectivity index (χ0n) is 9.78. The van der Waals surface area contributed by atoms with E-state index in [4.69, 9.17) is 5.11 Å². The van der Waals surface area contributed by atoms with Gasteiger partial charge in [-0.1, -0.05) is 6.92 Å². The molecule has 0 radical (unpaired) electrons. The van der Waals surface area contributed by atoms with Crippen LogP contribution in [0.1, 0.15) is 39.0 Å². The summed E-state index contributed by atoms with van der Waals surface area (Å²) in [5.74, 6) is -0.397. The number of fused-ring (bicyclic) bond motifs is 3. The molecule has 4 nitrogen and oxygen atoms in total. The van der Waals surface area contributed by atoms with E-state index in [2.05, 4.69) is 5.32 Å². The molecule has 2 aliphatic heterocycles. The molecule has 1 saturated carbocycles. The molecule has 2 heterocycles. The van der Waals surface area contributed by atoms with E-state index in [-0.39, 0.29) is 12.3 Å². The SMILES string of the molecule is C[C@@H](CC(=O)O)C[C@]1(O)C[C@H]2CC[C@@H]1CN2. The van der Waals surface area contributed by atoms with Crippen LogP contribution in [0.4, 0.5) is 0 Å². The van der Waals surface area contributed by atoms with Gasteiger partial charge in [0.2, 0.25) is 0 Å². The van der Waals surface area contributed by atoms with Gasteiger partial charge in [0.15, 0.2) is 0 Å². The standard InChI is InChI=1S/C12H21NO3/c1-8(4-11(14)15)5-12(16)6-10-3-2-9(12)7-13-10/h8-10,13,16H,2-7H2,1H3,(H,14,15)/t8-,9+,10+,12-/m0/s1. The fourth-order valence-corrected chi connectivity index (χ4v) is 3.37. The number of aliphatic hydroxyl groups is 1. The molecule has 0 aromatic rings. The van der Waals surface area contributed by atoms with Gasteiger partial charge in [-0.25, -0.2) is 0 Å². The number of piperidine rings is 2. The molecule has 4 atom stereocenters. The molecule has 1 aliphatic carbocycles. The normalized spacial score (nSPS) is 39.6. The van der Waals surface area contributed by atoms with Crippen molar-refractivity contribution in [2.75, 3.05) is 6.54 Å². The lowest BCUT2D eigenvalue weighted by atomic mass is 9.66. The van der Waals surface area contributed by atoms with Crippen LogP contribution >= 0.6 is 0 Å². The topological polar surface area (TPSA) is 69.6 Å². The number of carbonyl (C=O) groups is 1. The van der Waals surface area contributed by atoms with Gasteiger partial charge in [0.05, 0.1) is 5.60 Å². The Hall–Kier alpha value is -0.610. The summed E-state index contributed by atoms with van der Waals surface area (Å²) in [7, 11) is 0. The van der Waals surface area contributed by atoms with Gasteiger partial charge < -0.3 is 15.5 Å². The highest BCUT2D eigenvalue weighted by Gasteiger charge is 2.46. The van der Waals surface area contributed by atoms with E-state index in [9.17, 15) is 9.90 Å². The first-order chi connectivity index (χ1) is 7.49.